The highest BCUT2D eigenvalue weighted by Crippen LogP contribution is 2.55. The number of hydrogen-bond acceptors (Lipinski definition) is 8. The molecular weight excluding hydrogens is 716 g/mol. The summed E-state index contributed by atoms with van der Waals surface area (Å²) in [6.07, 6.45) is 2.61. The van der Waals surface area contributed by atoms with E-state index in [4.69, 9.17) is 16.3 Å². The zero-order valence-corrected chi connectivity index (χ0v) is 32.5. The summed E-state index contributed by atoms with van der Waals surface area (Å²) in [5.41, 5.74) is 5.54. The van der Waals surface area contributed by atoms with E-state index >= 15 is 0 Å². The molecule has 4 aliphatic heterocycles. The Morgan fingerprint density at radius 2 is 1.62 bits per heavy atom. The van der Waals surface area contributed by atoms with Gasteiger partial charge in [-0.3, -0.25) is 29.4 Å². The number of halogens is 1. The summed E-state index contributed by atoms with van der Waals surface area (Å²) in [6, 6.07) is 18.6. The highest BCUT2D eigenvalue weighted by molar-refractivity contribution is 6.31. The van der Waals surface area contributed by atoms with Crippen LogP contribution in [0.5, 0.6) is 5.75 Å². The lowest BCUT2D eigenvalue weighted by atomic mass is 9.49. The van der Waals surface area contributed by atoms with E-state index in [-0.39, 0.29) is 53.0 Å². The summed E-state index contributed by atoms with van der Waals surface area (Å²) in [5, 5.41) is 15.2. The van der Waals surface area contributed by atoms with E-state index in [0.29, 0.717) is 46.3 Å². The Morgan fingerprint density at radius 1 is 0.927 bits per heavy atom. The van der Waals surface area contributed by atoms with Crippen molar-refractivity contribution in [2.45, 2.75) is 91.2 Å². The summed E-state index contributed by atoms with van der Waals surface area (Å²) >= 11 is 6.25. The minimum absolute atomic E-state index is 0.107. The van der Waals surface area contributed by atoms with Gasteiger partial charge in [-0.15, -0.1) is 0 Å². The molecule has 0 aromatic heterocycles. The Balaban J connectivity index is 0.812. The Bertz CT molecular complexity index is 2100. The topological polar surface area (TPSA) is 135 Å². The van der Waals surface area contributed by atoms with Crippen molar-refractivity contribution in [3.63, 3.8) is 0 Å². The molecule has 0 radical (unpaired) electrons. The number of imide groups is 1. The maximum atomic E-state index is 13.5. The first-order valence-corrected chi connectivity index (χ1v) is 19.6. The molecular formula is C43H47ClN6O5. The highest BCUT2D eigenvalue weighted by atomic mass is 35.5. The van der Waals surface area contributed by atoms with E-state index in [9.17, 15) is 24.4 Å². The second-order valence-corrected chi connectivity index (χ2v) is 17.5. The molecule has 55 heavy (non-hydrogen) atoms. The van der Waals surface area contributed by atoms with E-state index in [1.54, 1.807) is 23.1 Å². The van der Waals surface area contributed by atoms with Crippen molar-refractivity contribution in [1.82, 2.24) is 20.4 Å². The van der Waals surface area contributed by atoms with E-state index in [2.05, 4.69) is 60.3 Å². The number of amides is 4. The van der Waals surface area contributed by atoms with Crippen LogP contribution in [-0.2, 0) is 29.2 Å². The van der Waals surface area contributed by atoms with E-state index in [1.807, 2.05) is 30.3 Å². The molecule has 2 N–H and O–H groups in total. The zero-order chi connectivity index (χ0) is 38.8. The second-order valence-electron chi connectivity index (χ2n) is 17.1. The van der Waals surface area contributed by atoms with Gasteiger partial charge in [-0.05, 0) is 84.3 Å². The van der Waals surface area contributed by atoms with Crippen molar-refractivity contribution < 1.29 is 23.9 Å². The molecule has 0 bridgehead atoms. The Labute approximate surface area is 326 Å². The summed E-state index contributed by atoms with van der Waals surface area (Å²) in [5.74, 6) is 0.290. The van der Waals surface area contributed by atoms with Crippen LogP contribution in [0.3, 0.4) is 0 Å². The Hall–Kier alpha value is -4.92. The molecule has 5 aliphatic rings. The lowest BCUT2D eigenvalue weighted by molar-refractivity contribution is -0.164. The Morgan fingerprint density at radius 3 is 2.27 bits per heavy atom. The molecule has 8 rings (SSSR count). The number of nitrogens with one attached hydrogen (secondary N) is 2. The third-order valence-electron chi connectivity index (χ3n) is 12.7. The standard InChI is InChI=1S/C43H47ClN6O5/c1-42(2)40(43(3,4)41(42)55-32-10-7-27(20-45)34(44)19-32)47-37(52)26-5-8-31(9-6-26)49-15-13-25(14-16-49)21-48-22-28-17-30-24-50(35-11-12-36(51)46-38(35)53)39(54)33(30)18-29(28)23-48/h5-10,17-19,25,35,40-41H,11-16,21-24H2,1-4H3,(H,47,52)(H,46,51,53)/t35-,40-,41-/m1/s1. The molecule has 4 amide bonds. The number of ether oxygens (including phenoxy) is 1. The molecule has 3 fully saturated rings. The third kappa shape index (κ3) is 6.74. The first-order chi connectivity index (χ1) is 26.2. The molecule has 1 atom stereocenters. The van der Waals surface area contributed by atoms with Crippen LogP contribution in [0.1, 0.15) is 96.3 Å². The second kappa shape index (κ2) is 14.0. The number of benzene rings is 3. The monoisotopic (exact) mass is 762 g/mol. The van der Waals surface area contributed by atoms with E-state index in [0.717, 1.165) is 56.8 Å². The van der Waals surface area contributed by atoms with Crippen LogP contribution in [0, 0.1) is 28.1 Å². The zero-order valence-electron chi connectivity index (χ0n) is 31.8. The number of anilines is 1. The first kappa shape index (κ1) is 37.0. The van der Waals surface area contributed by atoms with Crippen molar-refractivity contribution in [2.75, 3.05) is 24.5 Å². The molecule has 286 valence electrons. The first-order valence-electron chi connectivity index (χ1n) is 19.3. The van der Waals surface area contributed by atoms with Crippen molar-refractivity contribution in [3.05, 3.63) is 93.0 Å². The molecule has 3 aromatic rings. The van der Waals surface area contributed by atoms with Crippen LogP contribution in [0.15, 0.2) is 54.6 Å². The lowest BCUT2D eigenvalue weighted by Crippen LogP contribution is -2.74. The van der Waals surface area contributed by atoms with Gasteiger partial charge in [0.1, 0.15) is 24.0 Å². The molecule has 0 unspecified atom stereocenters. The quantitative estimate of drug-likeness (QED) is 0.275. The van der Waals surface area contributed by atoms with Gasteiger partial charge in [-0.1, -0.05) is 45.4 Å². The van der Waals surface area contributed by atoms with Gasteiger partial charge >= 0.3 is 0 Å². The maximum Gasteiger partial charge on any atom is 0.255 e. The minimum Gasteiger partial charge on any atom is -0.489 e. The van der Waals surface area contributed by atoms with Gasteiger partial charge in [0, 0.05) is 85.4 Å². The van der Waals surface area contributed by atoms with Crippen molar-refractivity contribution in [2.24, 2.45) is 16.7 Å². The van der Waals surface area contributed by atoms with Crippen molar-refractivity contribution in [3.8, 4) is 11.8 Å². The van der Waals surface area contributed by atoms with Gasteiger partial charge in [0.25, 0.3) is 11.8 Å². The smallest absolute Gasteiger partial charge is 0.255 e. The number of hydrogen-bond donors (Lipinski definition) is 2. The molecule has 1 aliphatic carbocycles. The van der Waals surface area contributed by atoms with Crippen LogP contribution in [0.2, 0.25) is 5.02 Å². The predicted molar refractivity (Wildman–Crippen MR) is 207 cm³/mol. The molecule has 12 heteroatoms. The van der Waals surface area contributed by atoms with Crippen LogP contribution in [0.4, 0.5) is 5.69 Å². The molecule has 2 saturated heterocycles. The number of carbonyl (C=O) groups is 4. The number of nitrogens with zero attached hydrogens (tertiary/aromatic N) is 4. The van der Waals surface area contributed by atoms with Crippen LogP contribution in [0.25, 0.3) is 0 Å². The summed E-state index contributed by atoms with van der Waals surface area (Å²) < 4.78 is 6.38. The van der Waals surface area contributed by atoms with Gasteiger partial charge in [-0.2, -0.15) is 5.26 Å². The summed E-state index contributed by atoms with van der Waals surface area (Å²) in [7, 11) is 0. The average molecular weight is 763 g/mol. The summed E-state index contributed by atoms with van der Waals surface area (Å²) in [6.45, 7) is 13.4. The fourth-order valence-corrected chi connectivity index (χ4v) is 10.3. The minimum atomic E-state index is -0.594. The fraction of sp³-hybridized carbons (Fsp3) is 0.465. The predicted octanol–water partition coefficient (Wildman–Crippen LogP) is 5.82. The van der Waals surface area contributed by atoms with Crippen LogP contribution < -0.4 is 20.3 Å². The van der Waals surface area contributed by atoms with Crippen LogP contribution in [-0.4, -0.2) is 71.3 Å². The average Bonchev–Trinajstić information content (AvgIpc) is 3.70. The molecule has 3 aromatic carbocycles. The normalized spacial score (nSPS) is 24.4. The van der Waals surface area contributed by atoms with Crippen molar-refractivity contribution >= 4 is 40.9 Å². The summed E-state index contributed by atoms with van der Waals surface area (Å²) in [4.78, 5) is 57.4. The number of nitriles is 1. The van der Waals surface area contributed by atoms with Gasteiger partial charge < -0.3 is 19.9 Å². The highest BCUT2D eigenvalue weighted by Gasteiger charge is 2.64. The number of piperidine rings is 2. The van der Waals surface area contributed by atoms with E-state index < -0.39 is 6.04 Å². The van der Waals surface area contributed by atoms with E-state index in [1.165, 1.54) is 11.1 Å². The SMILES string of the molecule is CC1(C)[C@H](NC(=O)c2ccc(N3CCC(CN4Cc5cc6c(cc5C4)C(=O)N([C@@H]4CCC(=O)NC4=O)C6)CC3)cc2)C(C)(C)[C@H]1Oc1ccc(C#N)c(Cl)c1. The van der Waals surface area contributed by atoms with Crippen LogP contribution >= 0.6 is 11.6 Å². The largest absolute Gasteiger partial charge is 0.489 e. The number of rotatable bonds is 8. The molecule has 1 saturated carbocycles. The third-order valence-corrected chi connectivity index (χ3v) is 13.0. The lowest BCUT2D eigenvalue weighted by Gasteiger charge is -2.63. The van der Waals surface area contributed by atoms with Gasteiger partial charge in [0.15, 0.2) is 0 Å². The number of carbonyl (C=O) groups excluding carboxylic acids is 4. The molecule has 11 nitrogen and oxygen atoms in total. The van der Waals surface area contributed by atoms with Gasteiger partial charge in [0.2, 0.25) is 11.8 Å². The molecule has 4 heterocycles. The number of fused-ring (bicyclic) bond motifs is 2. The maximum absolute atomic E-state index is 13.5. The fourth-order valence-electron chi connectivity index (χ4n) is 10.0. The Kier molecular flexibility index (Phi) is 9.41. The molecule has 0 spiro atoms. The van der Waals surface area contributed by atoms with Gasteiger partial charge in [0.05, 0.1) is 10.6 Å². The van der Waals surface area contributed by atoms with Gasteiger partial charge in [-0.25, -0.2) is 0 Å². The van der Waals surface area contributed by atoms with Crippen molar-refractivity contribution in [1.29, 1.82) is 5.26 Å².